The van der Waals surface area contributed by atoms with E-state index >= 15 is 0 Å². The molecule has 0 aliphatic heterocycles. The molecule has 0 aliphatic rings. The Morgan fingerprint density at radius 1 is 1.47 bits per heavy atom. The normalized spacial score (nSPS) is 14.1. The second-order valence-corrected chi connectivity index (χ2v) is 4.18. The molecular weight excluding hydrogens is 190 g/mol. The molecule has 1 rings (SSSR count). The van der Waals surface area contributed by atoms with Crippen molar-refractivity contribution in [3.63, 3.8) is 0 Å². The largest absolute Gasteiger partial charge is 0.467 e. The monoisotopic (exact) mass is 211 g/mol. The van der Waals surface area contributed by atoms with Gasteiger partial charge in [-0.3, -0.25) is 0 Å². The van der Waals surface area contributed by atoms with Crippen LogP contribution in [0.4, 0.5) is 0 Å². The summed E-state index contributed by atoms with van der Waals surface area (Å²) in [4.78, 5) is 0. The molecule has 0 saturated carbocycles. The number of rotatable bonds is 6. The van der Waals surface area contributed by atoms with Gasteiger partial charge in [0, 0.05) is 12.1 Å². The van der Waals surface area contributed by atoms with Crippen molar-refractivity contribution in [3.8, 4) is 0 Å². The lowest BCUT2D eigenvalue weighted by Crippen LogP contribution is -2.43. The number of aliphatic hydroxyl groups excluding tert-OH is 1. The number of furan rings is 1. The summed E-state index contributed by atoms with van der Waals surface area (Å²) < 4.78 is 5.14. The van der Waals surface area contributed by atoms with E-state index in [0.717, 1.165) is 12.8 Å². The molecule has 3 nitrogen and oxygen atoms in total. The first-order valence-corrected chi connectivity index (χ1v) is 5.58. The van der Waals surface area contributed by atoms with E-state index in [1.807, 2.05) is 0 Å². The summed E-state index contributed by atoms with van der Waals surface area (Å²) in [5.41, 5.74) is 0.105. The number of aliphatic hydroxyl groups is 1. The Balaban J connectivity index is 2.43. The van der Waals surface area contributed by atoms with Gasteiger partial charge in [-0.05, 0) is 31.9 Å². The second kappa shape index (κ2) is 5.33. The first kappa shape index (κ1) is 12.3. The van der Waals surface area contributed by atoms with Crippen LogP contribution in [0.1, 0.15) is 45.5 Å². The molecule has 1 aromatic rings. The van der Waals surface area contributed by atoms with Crippen LogP contribution in [0.25, 0.3) is 0 Å². The molecule has 0 radical (unpaired) electrons. The third-order valence-electron chi connectivity index (χ3n) is 3.15. The number of β-amino-alcohol motifs (C(OH)–C–C–N with tert-alkyl or cyclic N) is 1. The summed E-state index contributed by atoms with van der Waals surface area (Å²) in [6.45, 7) is 7.00. The van der Waals surface area contributed by atoms with Crippen molar-refractivity contribution in [3.05, 3.63) is 24.2 Å². The van der Waals surface area contributed by atoms with Crippen molar-refractivity contribution in [1.29, 1.82) is 0 Å². The van der Waals surface area contributed by atoms with Crippen LogP contribution >= 0.6 is 0 Å². The van der Waals surface area contributed by atoms with Gasteiger partial charge in [-0.15, -0.1) is 0 Å². The van der Waals surface area contributed by atoms with Crippen LogP contribution < -0.4 is 5.32 Å². The third-order valence-corrected chi connectivity index (χ3v) is 3.15. The Kier molecular flexibility index (Phi) is 4.36. The topological polar surface area (TPSA) is 45.4 Å². The lowest BCUT2D eigenvalue weighted by molar-refractivity contribution is 0.132. The molecule has 0 aliphatic carbocycles. The van der Waals surface area contributed by atoms with Crippen molar-refractivity contribution >= 4 is 0 Å². The molecule has 0 bridgehead atoms. The molecule has 0 spiro atoms. The van der Waals surface area contributed by atoms with E-state index < -0.39 is 6.10 Å². The van der Waals surface area contributed by atoms with Crippen molar-refractivity contribution in [1.82, 2.24) is 5.32 Å². The fourth-order valence-corrected chi connectivity index (χ4v) is 1.42. The van der Waals surface area contributed by atoms with Crippen LogP contribution in [0.5, 0.6) is 0 Å². The highest BCUT2D eigenvalue weighted by Crippen LogP contribution is 2.17. The number of hydrogen-bond acceptors (Lipinski definition) is 3. The van der Waals surface area contributed by atoms with Crippen LogP contribution in [0.3, 0.4) is 0 Å². The van der Waals surface area contributed by atoms with Gasteiger partial charge in [0.2, 0.25) is 0 Å². The molecule has 1 atom stereocenters. The minimum Gasteiger partial charge on any atom is -0.467 e. The predicted molar refractivity (Wildman–Crippen MR) is 60.7 cm³/mol. The standard InChI is InChI=1S/C12H21NO2/c1-4-12(3,5-2)13-9-10(14)11-7-6-8-15-11/h6-8,10,13-14H,4-5,9H2,1-3H3. The molecule has 0 fully saturated rings. The highest BCUT2D eigenvalue weighted by molar-refractivity contribution is 5.02. The summed E-state index contributed by atoms with van der Waals surface area (Å²) in [6, 6.07) is 3.58. The minimum absolute atomic E-state index is 0.105. The SMILES string of the molecule is CCC(C)(CC)NCC(O)c1ccco1. The molecule has 2 N–H and O–H groups in total. The molecule has 15 heavy (non-hydrogen) atoms. The molecule has 1 aromatic heterocycles. The average Bonchev–Trinajstić information content (AvgIpc) is 2.79. The lowest BCUT2D eigenvalue weighted by Gasteiger charge is -2.29. The molecule has 86 valence electrons. The van der Waals surface area contributed by atoms with Crippen LogP contribution in [-0.4, -0.2) is 17.2 Å². The van der Waals surface area contributed by atoms with E-state index in [-0.39, 0.29) is 5.54 Å². The maximum absolute atomic E-state index is 9.81. The zero-order valence-corrected chi connectivity index (χ0v) is 9.79. The van der Waals surface area contributed by atoms with E-state index in [1.165, 1.54) is 0 Å². The summed E-state index contributed by atoms with van der Waals surface area (Å²) in [6.07, 6.45) is 3.12. The predicted octanol–water partition coefficient (Wildman–Crippen LogP) is 2.48. The van der Waals surface area contributed by atoms with Gasteiger partial charge in [-0.1, -0.05) is 13.8 Å². The van der Waals surface area contributed by atoms with Gasteiger partial charge in [0.1, 0.15) is 11.9 Å². The zero-order valence-electron chi connectivity index (χ0n) is 9.79. The second-order valence-electron chi connectivity index (χ2n) is 4.18. The summed E-state index contributed by atoms with van der Waals surface area (Å²) in [7, 11) is 0. The highest BCUT2D eigenvalue weighted by atomic mass is 16.4. The molecular formula is C12H21NO2. The zero-order chi connectivity index (χ0) is 11.3. The van der Waals surface area contributed by atoms with Gasteiger partial charge < -0.3 is 14.8 Å². The molecule has 3 heteroatoms. The van der Waals surface area contributed by atoms with E-state index in [0.29, 0.717) is 12.3 Å². The summed E-state index contributed by atoms with van der Waals surface area (Å²) in [5.74, 6) is 0.622. The Bertz CT molecular complexity index is 265. The van der Waals surface area contributed by atoms with Crippen LogP contribution in [0.15, 0.2) is 22.8 Å². The molecule has 0 amide bonds. The van der Waals surface area contributed by atoms with Crippen LogP contribution in [0, 0.1) is 0 Å². The number of hydrogen-bond donors (Lipinski definition) is 2. The van der Waals surface area contributed by atoms with E-state index in [4.69, 9.17) is 4.42 Å². The Morgan fingerprint density at radius 2 is 2.13 bits per heavy atom. The Labute approximate surface area is 91.5 Å². The maximum Gasteiger partial charge on any atom is 0.133 e. The van der Waals surface area contributed by atoms with Gasteiger partial charge >= 0.3 is 0 Å². The lowest BCUT2D eigenvalue weighted by atomic mass is 9.95. The van der Waals surface area contributed by atoms with Gasteiger partial charge in [0.05, 0.1) is 6.26 Å². The first-order chi connectivity index (χ1) is 7.11. The van der Waals surface area contributed by atoms with Gasteiger partial charge in [0.25, 0.3) is 0 Å². The van der Waals surface area contributed by atoms with Gasteiger partial charge in [-0.25, -0.2) is 0 Å². The highest BCUT2D eigenvalue weighted by Gasteiger charge is 2.20. The smallest absolute Gasteiger partial charge is 0.133 e. The van der Waals surface area contributed by atoms with Gasteiger partial charge in [-0.2, -0.15) is 0 Å². The fraction of sp³-hybridized carbons (Fsp3) is 0.667. The number of nitrogens with one attached hydrogen (secondary N) is 1. The van der Waals surface area contributed by atoms with Gasteiger partial charge in [0.15, 0.2) is 0 Å². The third kappa shape index (κ3) is 3.36. The van der Waals surface area contributed by atoms with Crippen molar-refractivity contribution in [2.45, 2.75) is 45.3 Å². The van der Waals surface area contributed by atoms with Crippen LogP contribution in [0.2, 0.25) is 0 Å². The maximum atomic E-state index is 9.81. The van der Waals surface area contributed by atoms with Crippen LogP contribution in [-0.2, 0) is 0 Å². The molecule has 0 aromatic carbocycles. The fourth-order valence-electron chi connectivity index (χ4n) is 1.42. The molecule has 1 heterocycles. The average molecular weight is 211 g/mol. The summed E-state index contributed by atoms with van der Waals surface area (Å²) >= 11 is 0. The van der Waals surface area contributed by atoms with Crippen molar-refractivity contribution in [2.24, 2.45) is 0 Å². The van der Waals surface area contributed by atoms with Crippen molar-refractivity contribution in [2.75, 3.05) is 6.54 Å². The van der Waals surface area contributed by atoms with E-state index in [2.05, 4.69) is 26.1 Å². The van der Waals surface area contributed by atoms with E-state index in [9.17, 15) is 5.11 Å². The molecule has 1 unspecified atom stereocenters. The van der Waals surface area contributed by atoms with E-state index in [1.54, 1.807) is 18.4 Å². The Morgan fingerprint density at radius 3 is 2.60 bits per heavy atom. The first-order valence-electron chi connectivity index (χ1n) is 5.58. The minimum atomic E-state index is -0.558. The Hall–Kier alpha value is -0.800. The quantitative estimate of drug-likeness (QED) is 0.760. The molecule has 0 saturated heterocycles. The summed E-state index contributed by atoms with van der Waals surface area (Å²) in [5, 5.41) is 13.2. The van der Waals surface area contributed by atoms with Crippen molar-refractivity contribution < 1.29 is 9.52 Å².